The second kappa shape index (κ2) is 8.27. The first-order chi connectivity index (χ1) is 15.4. The van der Waals surface area contributed by atoms with Crippen molar-refractivity contribution in [2.24, 2.45) is 0 Å². The minimum absolute atomic E-state index is 0.0561. The number of nitrogens with one attached hydrogen (secondary N) is 1. The lowest BCUT2D eigenvalue weighted by Crippen LogP contribution is -2.24. The van der Waals surface area contributed by atoms with Crippen LogP contribution in [0.3, 0.4) is 0 Å². The van der Waals surface area contributed by atoms with Crippen LogP contribution in [-0.2, 0) is 4.79 Å². The molecule has 162 valence electrons. The zero-order valence-corrected chi connectivity index (χ0v) is 19.8. The van der Waals surface area contributed by atoms with Gasteiger partial charge in [-0.15, -0.1) is 21.5 Å². The second-order valence-corrected chi connectivity index (χ2v) is 10.3. The van der Waals surface area contributed by atoms with Crippen molar-refractivity contribution in [2.45, 2.75) is 26.2 Å². The van der Waals surface area contributed by atoms with Crippen LogP contribution in [0.2, 0.25) is 5.02 Å². The lowest BCUT2D eigenvalue weighted by Gasteiger charge is -2.17. The van der Waals surface area contributed by atoms with Crippen molar-refractivity contribution in [3.63, 3.8) is 0 Å². The van der Waals surface area contributed by atoms with E-state index in [-0.39, 0.29) is 17.7 Å². The monoisotopic (exact) mass is 482 g/mol. The summed E-state index contributed by atoms with van der Waals surface area (Å²) in [7, 11) is 0. The third kappa shape index (κ3) is 3.90. The Morgan fingerprint density at radius 2 is 1.88 bits per heavy atom. The summed E-state index contributed by atoms with van der Waals surface area (Å²) in [6, 6.07) is 13.8. The largest absolute Gasteiger partial charge is 0.312 e. The molecule has 4 aromatic rings. The highest BCUT2D eigenvalue weighted by Crippen LogP contribution is 2.37. The molecule has 1 unspecified atom stereocenters. The molecule has 1 fully saturated rings. The molecule has 0 radical (unpaired) electrons. The number of hydrogen-bond acceptors (Lipinski definition) is 6. The molecule has 1 saturated heterocycles. The van der Waals surface area contributed by atoms with Crippen molar-refractivity contribution in [1.82, 2.24) is 10.2 Å². The van der Waals surface area contributed by atoms with Gasteiger partial charge in [0, 0.05) is 34.7 Å². The van der Waals surface area contributed by atoms with Crippen LogP contribution in [0.1, 0.15) is 38.1 Å². The van der Waals surface area contributed by atoms with E-state index in [1.165, 1.54) is 22.7 Å². The number of halogens is 1. The van der Waals surface area contributed by atoms with Crippen molar-refractivity contribution in [3.05, 3.63) is 68.5 Å². The van der Waals surface area contributed by atoms with Crippen LogP contribution in [0.25, 0.3) is 10.1 Å². The molecule has 1 aliphatic heterocycles. The summed E-state index contributed by atoms with van der Waals surface area (Å²) < 4.78 is 0.955. The van der Waals surface area contributed by atoms with Gasteiger partial charge in [-0.05, 0) is 43.2 Å². The Balaban J connectivity index is 1.32. The van der Waals surface area contributed by atoms with Crippen LogP contribution < -0.4 is 10.2 Å². The summed E-state index contributed by atoms with van der Waals surface area (Å²) in [5.41, 5.74) is 3.15. The zero-order chi connectivity index (χ0) is 22.4. The summed E-state index contributed by atoms with van der Waals surface area (Å²) in [6.45, 7) is 4.60. The first-order valence-electron chi connectivity index (χ1n) is 10.1. The second-order valence-electron chi connectivity index (χ2n) is 7.89. The zero-order valence-electron chi connectivity index (χ0n) is 17.4. The number of nitrogens with zero attached hydrogens (tertiary/aromatic N) is 3. The smallest absolute Gasteiger partial charge is 0.269 e. The predicted molar refractivity (Wildman–Crippen MR) is 130 cm³/mol. The number of benzene rings is 2. The standard InChI is InChI=1S/C23H19ClN4O2S2/c1-12-7-13(2)9-15(8-12)28-11-14(10-18(28)29)22-26-27-23(32-22)25-21(30)20-19(24)16-5-3-4-6-17(16)31-20/h3-9,14H,10-11H2,1-2H3,(H,25,27,30). The number of aryl methyl sites for hydroxylation is 2. The molecular formula is C23H19ClN4O2S2. The number of amides is 2. The van der Waals surface area contributed by atoms with Crippen LogP contribution in [0.5, 0.6) is 0 Å². The average molecular weight is 483 g/mol. The highest BCUT2D eigenvalue weighted by molar-refractivity contribution is 7.22. The number of thiophene rings is 1. The highest BCUT2D eigenvalue weighted by atomic mass is 35.5. The molecule has 32 heavy (non-hydrogen) atoms. The maximum absolute atomic E-state index is 12.8. The summed E-state index contributed by atoms with van der Waals surface area (Å²) in [6.07, 6.45) is 0.373. The summed E-state index contributed by atoms with van der Waals surface area (Å²) in [4.78, 5) is 27.7. The average Bonchev–Trinajstić information content (AvgIpc) is 3.45. The van der Waals surface area contributed by atoms with Crippen LogP contribution >= 0.6 is 34.3 Å². The van der Waals surface area contributed by atoms with E-state index in [0.29, 0.717) is 28.0 Å². The summed E-state index contributed by atoms with van der Waals surface area (Å²) in [5.74, 6) is -0.296. The van der Waals surface area contributed by atoms with Gasteiger partial charge in [-0.2, -0.15) is 0 Å². The van der Waals surface area contributed by atoms with Gasteiger partial charge in [0.25, 0.3) is 5.91 Å². The molecular weight excluding hydrogens is 464 g/mol. The fourth-order valence-corrected chi connectivity index (χ4v) is 6.23. The van der Waals surface area contributed by atoms with E-state index in [2.05, 4.69) is 21.6 Å². The number of hydrogen-bond donors (Lipinski definition) is 1. The van der Waals surface area contributed by atoms with E-state index in [0.717, 1.165) is 31.9 Å². The number of anilines is 2. The molecule has 0 bridgehead atoms. The Hall–Kier alpha value is -2.81. The molecule has 2 aromatic carbocycles. The Labute approximate surface area is 197 Å². The number of carbonyl (C=O) groups is 2. The third-order valence-corrected chi connectivity index (χ3v) is 8.07. The van der Waals surface area contributed by atoms with Crippen molar-refractivity contribution in [1.29, 1.82) is 0 Å². The Morgan fingerprint density at radius 3 is 2.62 bits per heavy atom. The van der Waals surface area contributed by atoms with Gasteiger partial charge in [0.1, 0.15) is 9.88 Å². The lowest BCUT2D eigenvalue weighted by molar-refractivity contribution is -0.117. The molecule has 2 aromatic heterocycles. The molecule has 2 amide bonds. The number of aromatic nitrogens is 2. The number of carbonyl (C=O) groups excluding carboxylic acids is 2. The maximum Gasteiger partial charge on any atom is 0.269 e. The van der Waals surface area contributed by atoms with Gasteiger partial charge in [-0.25, -0.2) is 0 Å². The normalized spacial score (nSPS) is 16.2. The molecule has 9 heteroatoms. The molecule has 5 rings (SSSR count). The topological polar surface area (TPSA) is 75.2 Å². The lowest BCUT2D eigenvalue weighted by atomic mass is 10.1. The first-order valence-corrected chi connectivity index (χ1v) is 12.1. The van der Waals surface area contributed by atoms with E-state index >= 15 is 0 Å². The SMILES string of the molecule is Cc1cc(C)cc(N2CC(c3nnc(NC(=O)c4sc5ccccc5c4Cl)s3)CC2=O)c1. The summed E-state index contributed by atoms with van der Waals surface area (Å²) in [5, 5.41) is 13.6. The molecule has 6 nitrogen and oxygen atoms in total. The van der Waals surface area contributed by atoms with Crippen LogP contribution in [0.4, 0.5) is 10.8 Å². The van der Waals surface area contributed by atoms with Gasteiger partial charge in [0.2, 0.25) is 11.0 Å². The Morgan fingerprint density at radius 1 is 1.12 bits per heavy atom. The quantitative estimate of drug-likeness (QED) is 0.399. The van der Waals surface area contributed by atoms with Crippen LogP contribution in [0, 0.1) is 13.8 Å². The molecule has 0 saturated carbocycles. The fourth-order valence-electron chi connectivity index (χ4n) is 3.99. The van der Waals surface area contributed by atoms with E-state index < -0.39 is 0 Å². The van der Waals surface area contributed by atoms with E-state index in [9.17, 15) is 9.59 Å². The van der Waals surface area contributed by atoms with Gasteiger partial charge in [-0.1, -0.05) is 47.2 Å². The predicted octanol–water partition coefficient (Wildman–Crippen LogP) is 5.80. The van der Waals surface area contributed by atoms with Crippen molar-refractivity contribution < 1.29 is 9.59 Å². The van der Waals surface area contributed by atoms with E-state index in [4.69, 9.17) is 11.6 Å². The van der Waals surface area contributed by atoms with Crippen molar-refractivity contribution in [3.8, 4) is 0 Å². The molecule has 1 aliphatic rings. The van der Waals surface area contributed by atoms with Gasteiger partial charge in [0.15, 0.2) is 0 Å². The minimum Gasteiger partial charge on any atom is -0.312 e. The maximum atomic E-state index is 12.8. The number of fused-ring (bicyclic) bond motifs is 1. The van der Waals surface area contributed by atoms with Crippen molar-refractivity contribution in [2.75, 3.05) is 16.8 Å². The fraction of sp³-hybridized carbons (Fsp3) is 0.217. The van der Waals surface area contributed by atoms with Crippen LogP contribution in [0.15, 0.2) is 42.5 Å². The summed E-state index contributed by atoms with van der Waals surface area (Å²) >= 11 is 9.06. The first kappa shape index (κ1) is 21.1. The Bertz CT molecular complexity index is 1340. The van der Waals surface area contributed by atoms with Gasteiger partial charge in [0.05, 0.1) is 5.02 Å². The minimum atomic E-state index is -0.307. The molecule has 3 heterocycles. The molecule has 0 aliphatic carbocycles. The molecule has 1 atom stereocenters. The van der Waals surface area contributed by atoms with Gasteiger partial charge >= 0.3 is 0 Å². The van der Waals surface area contributed by atoms with E-state index in [1.807, 2.05) is 50.2 Å². The molecule has 1 N–H and O–H groups in total. The van der Waals surface area contributed by atoms with Gasteiger partial charge in [-0.3, -0.25) is 14.9 Å². The van der Waals surface area contributed by atoms with Crippen LogP contribution in [-0.4, -0.2) is 28.6 Å². The third-order valence-electron chi connectivity index (χ3n) is 5.39. The number of rotatable bonds is 4. The highest BCUT2D eigenvalue weighted by Gasteiger charge is 2.34. The van der Waals surface area contributed by atoms with Crippen molar-refractivity contribution >= 4 is 67.0 Å². The molecule has 0 spiro atoms. The van der Waals surface area contributed by atoms with E-state index in [1.54, 1.807) is 4.90 Å². The van der Waals surface area contributed by atoms with Gasteiger partial charge < -0.3 is 4.90 Å². The Kier molecular flexibility index (Phi) is 5.44.